The van der Waals surface area contributed by atoms with E-state index in [0.29, 0.717) is 21.7 Å². The van der Waals surface area contributed by atoms with Gasteiger partial charge in [-0.05, 0) is 63.1 Å². The molecular formula is C15H20N2O2S2. The maximum absolute atomic E-state index is 12.6. The number of rotatable bonds is 4. The van der Waals surface area contributed by atoms with Crippen LogP contribution in [0.25, 0.3) is 0 Å². The molecule has 0 fully saturated rings. The van der Waals surface area contributed by atoms with Crippen molar-refractivity contribution in [2.24, 2.45) is 0 Å². The number of hydrogen-bond acceptors (Lipinski definition) is 4. The molecule has 0 aliphatic heterocycles. The maximum atomic E-state index is 12.6. The van der Waals surface area contributed by atoms with E-state index in [9.17, 15) is 8.42 Å². The van der Waals surface area contributed by atoms with Gasteiger partial charge in [0.1, 0.15) is 0 Å². The monoisotopic (exact) mass is 324 g/mol. The van der Waals surface area contributed by atoms with Crippen molar-refractivity contribution in [2.45, 2.75) is 38.6 Å². The molecule has 1 atom stereocenters. The van der Waals surface area contributed by atoms with E-state index < -0.39 is 10.0 Å². The van der Waals surface area contributed by atoms with E-state index in [1.807, 2.05) is 26.0 Å². The largest absolute Gasteiger partial charge is 0.399 e. The second kappa shape index (κ2) is 5.79. The molecule has 3 N–H and O–H groups in total. The normalized spacial score (nSPS) is 13.3. The first-order valence-corrected chi connectivity index (χ1v) is 8.96. The van der Waals surface area contributed by atoms with Crippen molar-refractivity contribution in [3.05, 3.63) is 45.1 Å². The summed E-state index contributed by atoms with van der Waals surface area (Å²) in [7, 11) is -3.58. The molecule has 0 saturated heterocycles. The molecule has 0 radical (unpaired) electrons. The topological polar surface area (TPSA) is 72.2 Å². The van der Waals surface area contributed by atoms with Gasteiger partial charge in [0.15, 0.2) is 0 Å². The summed E-state index contributed by atoms with van der Waals surface area (Å²) in [6, 6.07) is 7.05. The van der Waals surface area contributed by atoms with Crippen LogP contribution in [0.1, 0.15) is 33.8 Å². The first kappa shape index (κ1) is 16.0. The van der Waals surface area contributed by atoms with E-state index in [4.69, 9.17) is 5.73 Å². The Morgan fingerprint density at radius 1 is 1.14 bits per heavy atom. The highest BCUT2D eigenvalue weighted by Crippen LogP contribution is 2.27. The molecule has 2 rings (SSSR count). The molecule has 0 amide bonds. The Kier molecular flexibility index (Phi) is 4.41. The number of anilines is 1. The van der Waals surface area contributed by atoms with Crippen LogP contribution in [-0.2, 0) is 10.0 Å². The highest BCUT2D eigenvalue weighted by atomic mass is 32.2. The van der Waals surface area contributed by atoms with Crippen molar-refractivity contribution in [2.75, 3.05) is 5.73 Å². The molecule has 6 heteroatoms. The zero-order valence-electron chi connectivity index (χ0n) is 12.6. The van der Waals surface area contributed by atoms with Crippen LogP contribution in [-0.4, -0.2) is 8.42 Å². The third-order valence-electron chi connectivity index (χ3n) is 3.27. The van der Waals surface area contributed by atoms with Gasteiger partial charge in [0.05, 0.1) is 10.9 Å². The van der Waals surface area contributed by atoms with E-state index in [0.717, 1.165) is 9.75 Å². The van der Waals surface area contributed by atoms with Gasteiger partial charge in [0, 0.05) is 15.4 Å². The summed E-state index contributed by atoms with van der Waals surface area (Å²) < 4.78 is 28.0. The fraction of sp³-hybridized carbons (Fsp3) is 0.333. The third-order valence-corrected chi connectivity index (χ3v) is 6.30. The van der Waals surface area contributed by atoms with Crippen LogP contribution in [0.2, 0.25) is 0 Å². The number of thiophene rings is 1. The van der Waals surface area contributed by atoms with Crippen molar-refractivity contribution in [3.8, 4) is 0 Å². The minimum absolute atomic E-state index is 0.259. The van der Waals surface area contributed by atoms with E-state index in [2.05, 4.69) is 4.72 Å². The minimum Gasteiger partial charge on any atom is -0.399 e. The number of nitrogens with two attached hydrogens (primary N) is 1. The van der Waals surface area contributed by atoms with E-state index in [-0.39, 0.29) is 6.04 Å². The van der Waals surface area contributed by atoms with Crippen LogP contribution in [0, 0.1) is 20.8 Å². The smallest absolute Gasteiger partial charge is 0.241 e. The molecule has 1 heterocycles. The maximum Gasteiger partial charge on any atom is 0.241 e. The van der Waals surface area contributed by atoms with Crippen LogP contribution in [0.4, 0.5) is 5.69 Å². The average molecular weight is 324 g/mol. The zero-order chi connectivity index (χ0) is 15.8. The first-order valence-electron chi connectivity index (χ1n) is 6.66. The standard InChI is InChI=1S/C15H20N2O2S2/c1-9-7-13(16)8-10(2)15(9)21(18,19)17-12(4)14-6-5-11(3)20-14/h5-8,12,17H,16H2,1-4H3. The Hall–Kier alpha value is -1.37. The average Bonchev–Trinajstić information content (AvgIpc) is 2.73. The molecule has 1 aromatic heterocycles. The van der Waals surface area contributed by atoms with E-state index in [1.54, 1.807) is 37.3 Å². The molecule has 4 nitrogen and oxygen atoms in total. The van der Waals surface area contributed by atoms with Crippen LogP contribution < -0.4 is 10.5 Å². The van der Waals surface area contributed by atoms with Crippen molar-refractivity contribution in [3.63, 3.8) is 0 Å². The summed E-state index contributed by atoms with van der Waals surface area (Å²) in [5, 5.41) is 0. The molecule has 2 aromatic rings. The Bertz CT molecular complexity index is 741. The lowest BCUT2D eigenvalue weighted by Gasteiger charge is -2.16. The van der Waals surface area contributed by atoms with Gasteiger partial charge in [-0.2, -0.15) is 0 Å². The Labute approximate surface area is 130 Å². The van der Waals surface area contributed by atoms with Crippen LogP contribution in [0.3, 0.4) is 0 Å². The summed E-state index contributed by atoms with van der Waals surface area (Å²) in [4.78, 5) is 2.48. The molecule has 0 saturated carbocycles. The lowest BCUT2D eigenvalue weighted by atomic mass is 10.1. The molecule has 21 heavy (non-hydrogen) atoms. The highest BCUT2D eigenvalue weighted by Gasteiger charge is 2.23. The van der Waals surface area contributed by atoms with Crippen LogP contribution >= 0.6 is 11.3 Å². The first-order chi connectivity index (χ1) is 9.70. The van der Waals surface area contributed by atoms with Crippen molar-refractivity contribution in [1.29, 1.82) is 0 Å². The number of nitrogens with one attached hydrogen (secondary N) is 1. The Morgan fingerprint density at radius 3 is 2.19 bits per heavy atom. The molecule has 0 spiro atoms. The lowest BCUT2D eigenvalue weighted by molar-refractivity contribution is 0.567. The second-order valence-corrected chi connectivity index (χ2v) is 8.25. The Morgan fingerprint density at radius 2 is 1.71 bits per heavy atom. The summed E-state index contributed by atoms with van der Waals surface area (Å²) >= 11 is 1.60. The molecular weight excluding hydrogens is 304 g/mol. The van der Waals surface area contributed by atoms with Crippen molar-refractivity contribution < 1.29 is 8.42 Å². The molecule has 0 aliphatic carbocycles. The van der Waals surface area contributed by atoms with Gasteiger partial charge in [0.25, 0.3) is 0 Å². The summed E-state index contributed by atoms with van der Waals surface area (Å²) in [5.74, 6) is 0. The van der Waals surface area contributed by atoms with E-state index in [1.165, 1.54) is 0 Å². The number of nitrogen functional groups attached to an aromatic ring is 1. The van der Waals surface area contributed by atoms with Crippen molar-refractivity contribution >= 4 is 27.0 Å². The van der Waals surface area contributed by atoms with Crippen molar-refractivity contribution in [1.82, 2.24) is 4.72 Å². The molecule has 114 valence electrons. The van der Waals surface area contributed by atoms with Crippen LogP contribution in [0.5, 0.6) is 0 Å². The van der Waals surface area contributed by atoms with Gasteiger partial charge in [0.2, 0.25) is 10.0 Å². The van der Waals surface area contributed by atoms with E-state index >= 15 is 0 Å². The SMILES string of the molecule is Cc1ccc(C(C)NS(=O)(=O)c2c(C)cc(N)cc2C)s1. The summed E-state index contributed by atoms with van der Waals surface area (Å²) in [6.07, 6.45) is 0. The Balaban J connectivity index is 2.35. The van der Waals surface area contributed by atoms with Gasteiger partial charge < -0.3 is 5.73 Å². The fourth-order valence-corrected chi connectivity index (χ4v) is 5.07. The molecule has 1 unspecified atom stereocenters. The minimum atomic E-state index is -3.58. The van der Waals surface area contributed by atoms with Gasteiger partial charge >= 0.3 is 0 Å². The highest BCUT2D eigenvalue weighted by molar-refractivity contribution is 7.89. The number of aryl methyl sites for hydroxylation is 3. The summed E-state index contributed by atoms with van der Waals surface area (Å²) in [6.45, 7) is 7.38. The number of benzene rings is 1. The molecule has 0 bridgehead atoms. The number of sulfonamides is 1. The third kappa shape index (κ3) is 3.45. The van der Waals surface area contributed by atoms with Gasteiger partial charge in [-0.3, -0.25) is 0 Å². The van der Waals surface area contributed by atoms with Gasteiger partial charge in [-0.25, -0.2) is 13.1 Å². The molecule has 0 aliphatic rings. The lowest BCUT2D eigenvalue weighted by Crippen LogP contribution is -2.27. The second-order valence-electron chi connectivity index (χ2n) is 5.28. The summed E-state index contributed by atoms with van der Waals surface area (Å²) in [5.41, 5.74) is 7.65. The van der Waals surface area contributed by atoms with Crippen LogP contribution in [0.15, 0.2) is 29.2 Å². The van der Waals surface area contributed by atoms with Gasteiger partial charge in [-0.15, -0.1) is 11.3 Å². The zero-order valence-corrected chi connectivity index (χ0v) is 14.2. The quantitative estimate of drug-likeness (QED) is 0.848. The molecule has 1 aromatic carbocycles. The number of hydrogen-bond donors (Lipinski definition) is 2. The predicted octanol–water partition coefficient (Wildman–Crippen LogP) is 3.30. The predicted molar refractivity (Wildman–Crippen MR) is 88.1 cm³/mol. The van der Waals surface area contributed by atoms with Gasteiger partial charge in [-0.1, -0.05) is 0 Å². The fourth-order valence-electron chi connectivity index (χ4n) is 2.44.